The Labute approximate surface area is 55.7 Å². The van der Waals surface area contributed by atoms with Gasteiger partial charge in [-0.2, -0.15) is 0 Å². The summed E-state index contributed by atoms with van der Waals surface area (Å²) < 4.78 is 12.8. The van der Waals surface area contributed by atoms with Gasteiger partial charge in [0.25, 0.3) is 6.04 Å². The first kappa shape index (κ1) is 8.42. The maximum atomic E-state index is 12.8. The molecule has 0 aliphatic heterocycles. The maximum Gasteiger partial charge on any atom is 0.256 e. The number of halogens is 1. The minimum absolute atomic E-state index is 0.475. The maximum absolute atomic E-state index is 12.8. The highest BCUT2D eigenvalue weighted by molar-refractivity contribution is 4.91. The SMILES string of the molecule is [C-]#[N+]C(CC)C(C)(C)F. The highest BCUT2D eigenvalue weighted by atomic mass is 19.1. The van der Waals surface area contributed by atoms with Crippen LogP contribution in [0.5, 0.6) is 0 Å². The first-order chi connectivity index (χ1) is 4.02. The van der Waals surface area contributed by atoms with Crippen molar-refractivity contribution in [2.45, 2.75) is 38.9 Å². The summed E-state index contributed by atoms with van der Waals surface area (Å²) in [6.07, 6.45) is 0.590. The Balaban J connectivity index is 4.00. The predicted octanol–water partition coefficient (Wildman–Crippen LogP) is 2.43. The van der Waals surface area contributed by atoms with Crippen LogP contribution in [0, 0.1) is 6.57 Å². The Morgan fingerprint density at radius 3 is 2.11 bits per heavy atom. The van der Waals surface area contributed by atoms with Gasteiger partial charge in [-0.1, -0.05) is 6.92 Å². The van der Waals surface area contributed by atoms with Crippen LogP contribution >= 0.6 is 0 Å². The van der Waals surface area contributed by atoms with Gasteiger partial charge in [0.05, 0.1) is 0 Å². The lowest BCUT2D eigenvalue weighted by Crippen LogP contribution is -2.27. The van der Waals surface area contributed by atoms with Gasteiger partial charge in [0.15, 0.2) is 5.67 Å². The van der Waals surface area contributed by atoms with E-state index in [1.165, 1.54) is 13.8 Å². The van der Waals surface area contributed by atoms with Crippen LogP contribution in [0.4, 0.5) is 4.39 Å². The van der Waals surface area contributed by atoms with Crippen molar-refractivity contribution in [2.24, 2.45) is 0 Å². The molecule has 0 aromatic carbocycles. The molecule has 0 aromatic heterocycles. The van der Waals surface area contributed by atoms with E-state index in [0.29, 0.717) is 6.42 Å². The summed E-state index contributed by atoms with van der Waals surface area (Å²) in [5.41, 5.74) is -1.34. The Bertz CT molecular complexity index is 118. The molecule has 0 aliphatic carbocycles. The molecule has 0 fully saturated rings. The molecule has 0 saturated carbocycles. The average Bonchev–Trinajstić information content (AvgIpc) is 1.65. The fourth-order valence-electron chi connectivity index (χ4n) is 0.730. The minimum atomic E-state index is -1.34. The van der Waals surface area contributed by atoms with Crippen molar-refractivity contribution in [2.75, 3.05) is 0 Å². The molecule has 1 nitrogen and oxygen atoms in total. The van der Waals surface area contributed by atoms with E-state index in [2.05, 4.69) is 4.85 Å². The number of rotatable bonds is 2. The Hall–Kier alpha value is -0.580. The lowest BCUT2D eigenvalue weighted by Gasteiger charge is -2.13. The monoisotopic (exact) mass is 129 g/mol. The molecule has 9 heavy (non-hydrogen) atoms. The minimum Gasteiger partial charge on any atom is -0.310 e. The van der Waals surface area contributed by atoms with Gasteiger partial charge in [-0.25, -0.2) is 11.0 Å². The third-order valence-corrected chi connectivity index (χ3v) is 1.33. The highest BCUT2D eigenvalue weighted by Crippen LogP contribution is 2.19. The molecular formula is C7H12FN. The second kappa shape index (κ2) is 2.82. The number of hydrogen-bond acceptors (Lipinski definition) is 0. The van der Waals surface area contributed by atoms with Crippen LogP contribution in [0.3, 0.4) is 0 Å². The van der Waals surface area contributed by atoms with E-state index in [0.717, 1.165) is 0 Å². The number of alkyl halides is 1. The fourth-order valence-corrected chi connectivity index (χ4v) is 0.730. The Kier molecular flexibility index (Phi) is 2.64. The zero-order valence-corrected chi connectivity index (χ0v) is 6.11. The van der Waals surface area contributed by atoms with Gasteiger partial charge in [0.2, 0.25) is 0 Å². The van der Waals surface area contributed by atoms with Gasteiger partial charge >= 0.3 is 0 Å². The quantitative estimate of drug-likeness (QED) is 0.504. The van der Waals surface area contributed by atoms with Crippen LogP contribution < -0.4 is 0 Å². The van der Waals surface area contributed by atoms with E-state index >= 15 is 0 Å². The van der Waals surface area contributed by atoms with Crippen molar-refractivity contribution >= 4 is 0 Å². The highest BCUT2D eigenvalue weighted by Gasteiger charge is 2.32. The predicted molar refractivity (Wildman–Crippen MR) is 35.9 cm³/mol. The van der Waals surface area contributed by atoms with Crippen molar-refractivity contribution in [1.82, 2.24) is 0 Å². The molecule has 0 radical (unpaired) electrons. The van der Waals surface area contributed by atoms with Crippen molar-refractivity contribution in [3.63, 3.8) is 0 Å². The third kappa shape index (κ3) is 2.46. The summed E-state index contributed by atoms with van der Waals surface area (Å²) in [6.45, 7) is 11.3. The van der Waals surface area contributed by atoms with Crippen LogP contribution in [-0.4, -0.2) is 11.7 Å². The van der Waals surface area contributed by atoms with Crippen LogP contribution in [-0.2, 0) is 0 Å². The average molecular weight is 129 g/mol. The van der Waals surface area contributed by atoms with Gasteiger partial charge in [-0.3, -0.25) is 0 Å². The van der Waals surface area contributed by atoms with Crippen LogP contribution in [0.1, 0.15) is 27.2 Å². The van der Waals surface area contributed by atoms with Crippen molar-refractivity contribution in [3.05, 3.63) is 11.4 Å². The molecule has 0 aliphatic rings. The molecule has 2 heteroatoms. The van der Waals surface area contributed by atoms with E-state index in [9.17, 15) is 4.39 Å². The van der Waals surface area contributed by atoms with Crippen LogP contribution in [0.25, 0.3) is 4.85 Å². The number of nitrogens with zero attached hydrogens (tertiary/aromatic N) is 1. The van der Waals surface area contributed by atoms with Crippen molar-refractivity contribution < 1.29 is 4.39 Å². The summed E-state index contributed by atoms with van der Waals surface area (Å²) in [7, 11) is 0. The molecular weight excluding hydrogens is 117 g/mol. The Morgan fingerprint density at radius 2 is 2.11 bits per heavy atom. The van der Waals surface area contributed by atoms with Crippen LogP contribution in [0.15, 0.2) is 0 Å². The molecule has 0 spiro atoms. The first-order valence-corrected chi connectivity index (χ1v) is 3.07. The third-order valence-electron chi connectivity index (χ3n) is 1.33. The molecule has 0 aromatic rings. The van der Waals surface area contributed by atoms with Gasteiger partial charge in [0.1, 0.15) is 0 Å². The summed E-state index contributed by atoms with van der Waals surface area (Å²) in [5, 5.41) is 0. The van der Waals surface area contributed by atoms with E-state index in [1.807, 2.05) is 6.92 Å². The molecule has 52 valence electrons. The Morgan fingerprint density at radius 1 is 1.67 bits per heavy atom. The van der Waals surface area contributed by atoms with E-state index in [-0.39, 0.29) is 0 Å². The molecule has 0 amide bonds. The second-order valence-electron chi connectivity index (χ2n) is 2.62. The molecule has 1 unspecified atom stereocenters. The summed E-state index contributed by atoms with van der Waals surface area (Å²) in [4.78, 5) is 3.15. The van der Waals surface area contributed by atoms with Gasteiger partial charge in [0, 0.05) is 6.42 Å². The molecule has 0 saturated heterocycles. The summed E-state index contributed by atoms with van der Waals surface area (Å²) in [5.74, 6) is 0. The lowest BCUT2D eigenvalue weighted by atomic mass is 10.00. The summed E-state index contributed by atoms with van der Waals surface area (Å²) >= 11 is 0. The smallest absolute Gasteiger partial charge is 0.256 e. The summed E-state index contributed by atoms with van der Waals surface area (Å²) in [6, 6.07) is -0.475. The topological polar surface area (TPSA) is 4.36 Å². The zero-order chi connectivity index (χ0) is 7.49. The normalized spacial score (nSPS) is 14.6. The molecule has 0 N–H and O–H groups in total. The van der Waals surface area contributed by atoms with Crippen LogP contribution in [0.2, 0.25) is 0 Å². The standard InChI is InChI=1S/C7H12FN/c1-5-6(9-4)7(2,3)8/h6H,5H2,1-3H3. The van der Waals surface area contributed by atoms with Gasteiger partial charge in [-0.15, -0.1) is 0 Å². The first-order valence-electron chi connectivity index (χ1n) is 3.07. The van der Waals surface area contributed by atoms with E-state index < -0.39 is 11.7 Å². The van der Waals surface area contributed by atoms with Gasteiger partial charge in [-0.05, 0) is 13.8 Å². The largest absolute Gasteiger partial charge is 0.310 e. The van der Waals surface area contributed by atoms with E-state index in [1.54, 1.807) is 0 Å². The fraction of sp³-hybridized carbons (Fsp3) is 0.857. The lowest BCUT2D eigenvalue weighted by molar-refractivity contribution is 0.189. The van der Waals surface area contributed by atoms with Crippen molar-refractivity contribution in [3.8, 4) is 0 Å². The zero-order valence-electron chi connectivity index (χ0n) is 6.11. The molecule has 0 rings (SSSR count). The number of hydrogen-bond donors (Lipinski definition) is 0. The van der Waals surface area contributed by atoms with Gasteiger partial charge < -0.3 is 4.85 Å². The molecule has 0 heterocycles. The molecule has 0 bridgehead atoms. The molecule has 1 atom stereocenters. The van der Waals surface area contributed by atoms with E-state index in [4.69, 9.17) is 6.57 Å². The second-order valence-corrected chi connectivity index (χ2v) is 2.62. The van der Waals surface area contributed by atoms with Crippen molar-refractivity contribution in [1.29, 1.82) is 0 Å².